The van der Waals surface area contributed by atoms with Crippen LogP contribution in [0.5, 0.6) is 0 Å². The molecule has 0 aliphatic carbocycles. The van der Waals surface area contributed by atoms with Crippen molar-refractivity contribution in [1.29, 1.82) is 0 Å². The maximum Gasteiger partial charge on any atom is 0.247 e. The molecule has 0 fully saturated rings. The highest BCUT2D eigenvalue weighted by Gasteiger charge is 2.33. The van der Waals surface area contributed by atoms with Crippen molar-refractivity contribution >= 4 is 10.0 Å². The standard InChI is InChI=1S/C20H22FN3O2S/c1-4-18-19(14-23(2)22-18)27(25,26)24(3)20(15-8-6-5-7-9-15)16-10-12-17(21)13-11-16/h5-14,20H,4H2,1-3H3. The minimum atomic E-state index is -3.81. The number of halogens is 1. The van der Waals surface area contributed by atoms with E-state index in [1.165, 1.54) is 27.3 Å². The van der Waals surface area contributed by atoms with E-state index in [-0.39, 0.29) is 10.7 Å². The van der Waals surface area contributed by atoms with Gasteiger partial charge in [-0.15, -0.1) is 0 Å². The predicted octanol–water partition coefficient (Wildman–Crippen LogP) is 3.53. The summed E-state index contributed by atoms with van der Waals surface area (Å²) in [5.41, 5.74) is 2.02. The Morgan fingerprint density at radius 2 is 1.67 bits per heavy atom. The molecular weight excluding hydrogens is 365 g/mol. The van der Waals surface area contributed by atoms with E-state index in [1.54, 1.807) is 26.2 Å². The highest BCUT2D eigenvalue weighted by molar-refractivity contribution is 7.89. The second-order valence-corrected chi connectivity index (χ2v) is 8.32. The SMILES string of the molecule is CCc1nn(C)cc1S(=O)(=O)N(C)C(c1ccccc1)c1ccc(F)cc1. The molecule has 2 aromatic carbocycles. The van der Waals surface area contributed by atoms with Gasteiger partial charge in [-0.2, -0.15) is 9.40 Å². The molecule has 27 heavy (non-hydrogen) atoms. The minimum Gasteiger partial charge on any atom is -0.274 e. The highest BCUT2D eigenvalue weighted by Crippen LogP contribution is 2.33. The quantitative estimate of drug-likeness (QED) is 0.650. The van der Waals surface area contributed by atoms with Crippen LogP contribution in [0.1, 0.15) is 29.8 Å². The van der Waals surface area contributed by atoms with Gasteiger partial charge < -0.3 is 0 Å². The van der Waals surface area contributed by atoms with Crippen molar-refractivity contribution in [3.63, 3.8) is 0 Å². The molecule has 3 aromatic rings. The number of rotatable bonds is 6. The second kappa shape index (κ2) is 7.62. The number of aromatic nitrogens is 2. The number of hydrogen-bond donors (Lipinski definition) is 0. The van der Waals surface area contributed by atoms with Gasteiger partial charge >= 0.3 is 0 Å². The van der Waals surface area contributed by atoms with Crippen LogP contribution < -0.4 is 0 Å². The fourth-order valence-corrected chi connectivity index (χ4v) is 4.76. The van der Waals surface area contributed by atoms with E-state index in [1.807, 2.05) is 37.3 Å². The van der Waals surface area contributed by atoms with Gasteiger partial charge in [-0.3, -0.25) is 4.68 Å². The predicted molar refractivity (Wildman–Crippen MR) is 102 cm³/mol. The molecule has 142 valence electrons. The fraction of sp³-hybridized carbons (Fsp3) is 0.250. The molecule has 7 heteroatoms. The van der Waals surface area contributed by atoms with Crippen molar-refractivity contribution in [2.45, 2.75) is 24.3 Å². The molecule has 0 saturated heterocycles. The monoisotopic (exact) mass is 387 g/mol. The minimum absolute atomic E-state index is 0.193. The maximum atomic E-state index is 13.4. The lowest BCUT2D eigenvalue weighted by Gasteiger charge is -2.28. The topological polar surface area (TPSA) is 55.2 Å². The van der Waals surface area contributed by atoms with Gasteiger partial charge in [-0.05, 0) is 29.7 Å². The van der Waals surface area contributed by atoms with E-state index in [4.69, 9.17) is 0 Å². The Hall–Kier alpha value is -2.51. The summed E-state index contributed by atoms with van der Waals surface area (Å²) in [4.78, 5) is 0.193. The van der Waals surface area contributed by atoms with Crippen LogP contribution in [0.3, 0.4) is 0 Å². The van der Waals surface area contributed by atoms with E-state index in [2.05, 4.69) is 5.10 Å². The third kappa shape index (κ3) is 3.79. The molecule has 5 nitrogen and oxygen atoms in total. The zero-order chi connectivity index (χ0) is 19.6. The Bertz CT molecular complexity index is 1020. The van der Waals surface area contributed by atoms with E-state index in [0.29, 0.717) is 17.7 Å². The molecule has 3 rings (SSSR count). The zero-order valence-corrected chi connectivity index (χ0v) is 16.3. The van der Waals surface area contributed by atoms with Crippen LogP contribution in [0.15, 0.2) is 65.7 Å². The molecule has 0 saturated carbocycles. The summed E-state index contributed by atoms with van der Waals surface area (Å²) in [6, 6.07) is 14.6. The molecule has 0 spiro atoms. The van der Waals surface area contributed by atoms with Crippen molar-refractivity contribution in [2.75, 3.05) is 7.05 Å². The Kier molecular flexibility index (Phi) is 5.43. The average Bonchev–Trinajstić information content (AvgIpc) is 3.06. The Morgan fingerprint density at radius 1 is 1.07 bits per heavy atom. The Morgan fingerprint density at radius 3 is 2.26 bits per heavy atom. The van der Waals surface area contributed by atoms with E-state index in [0.717, 1.165) is 5.56 Å². The number of nitrogens with zero attached hydrogens (tertiary/aromatic N) is 3. The van der Waals surface area contributed by atoms with Crippen LogP contribution in [0.2, 0.25) is 0 Å². The van der Waals surface area contributed by atoms with E-state index < -0.39 is 16.1 Å². The number of aryl methyl sites for hydroxylation is 2. The molecule has 1 unspecified atom stereocenters. The molecule has 0 aliphatic heterocycles. The van der Waals surface area contributed by atoms with Gasteiger partial charge in [-0.1, -0.05) is 49.4 Å². The molecule has 0 N–H and O–H groups in total. The van der Waals surface area contributed by atoms with Gasteiger partial charge in [0.1, 0.15) is 10.7 Å². The van der Waals surface area contributed by atoms with Crippen molar-refractivity contribution in [3.05, 3.63) is 83.4 Å². The average molecular weight is 387 g/mol. The van der Waals surface area contributed by atoms with Gasteiger partial charge in [0.15, 0.2) is 0 Å². The van der Waals surface area contributed by atoms with Crippen LogP contribution in [0.4, 0.5) is 4.39 Å². The molecular formula is C20H22FN3O2S. The van der Waals surface area contributed by atoms with Crippen LogP contribution in [-0.4, -0.2) is 29.6 Å². The van der Waals surface area contributed by atoms with Gasteiger partial charge in [0.2, 0.25) is 10.0 Å². The van der Waals surface area contributed by atoms with Gasteiger partial charge in [-0.25, -0.2) is 12.8 Å². The summed E-state index contributed by atoms with van der Waals surface area (Å²) in [5.74, 6) is -0.364. The van der Waals surface area contributed by atoms with Gasteiger partial charge in [0.05, 0.1) is 11.7 Å². The van der Waals surface area contributed by atoms with Crippen LogP contribution in [0.25, 0.3) is 0 Å². The third-order valence-electron chi connectivity index (χ3n) is 4.52. The number of hydrogen-bond acceptors (Lipinski definition) is 3. The molecule has 1 heterocycles. The molecule has 0 amide bonds. The lowest BCUT2D eigenvalue weighted by Crippen LogP contribution is -2.32. The van der Waals surface area contributed by atoms with Crippen molar-refractivity contribution in [2.24, 2.45) is 7.05 Å². The molecule has 0 aliphatic rings. The maximum absolute atomic E-state index is 13.4. The van der Waals surface area contributed by atoms with Gasteiger partial charge in [0, 0.05) is 20.3 Å². The first-order chi connectivity index (χ1) is 12.8. The van der Waals surface area contributed by atoms with Gasteiger partial charge in [0.25, 0.3) is 0 Å². The first-order valence-corrected chi connectivity index (χ1v) is 10.1. The number of sulfonamides is 1. The molecule has 0 bridgehead atoms. The summed E-state index contributed by atoms with van der Waals surface area (Å²) in [5, 5.41) is 4.26. The lowest BCUT2D eigenvalue weighted by atomic mass is 9.99. The molecule has 1 atom stereocenters. The van der Waals surface area contributed by atoms with Crippen molar-refractivity contribution in [3.8, 4) is 0 Å². The first-order valence-electron chi connectivity index (χ1n) is 8.65. The third-order valence-corrected chi connectivity index (χ3v) is 6.39. The van der Waals surface area contributed by atoms with Crippen molar-refractivity contribution in [1.82, 2.24) is 14.1 Å². The summed E-state index contributed by atoms with van der Waals surface area (Å²) < 4.78 is 43.0. The smallest absolute Gasteiger partial charge is 0.247 e. The normalized spacial score (nSPS) is 13.1. The Labute approximate surface area is 159 Å². The van der Waals surface area contributed by atoms with Crippen LogP contribution >= 0.6 is 0 Å². The van der Waals surface area contributed by atoms with E-state index >= 15 is 0 Å². The summed E-state index contributed by atoms with van der Waals surface area (Å²) in [7, 11) is -0.565. The summed E-state index contributed by atoms with van der Waals surface area (Å²) in [6.07, 6.45) is 2.03. The molecule has 1 aromatic heterocycles. The molecule has 0 radical (unpaired) electrons. The van der Waals surface area contributed by atoms with Crippen LogP contribution in [-0.2, 0) is 23.5 Å². The van der Waals surface area contributed by atoms with E-state index in [9.17, 15) is 12.8 Å². The lowest BCUT2D eigenvalue weighted by molar-refractivity contribution is 0.417. The fourth-order valence-electron chi connectivity index (χ4n) is 3.16. The largest absolute Gasteiger partial charge is 0.274 e. The van der Waals surface area contributed by atoms with Crippen molar-refractivity contribution < 1.29 is 12.8 Å². The van der Waals surface area contributed by atoms with Crippen LogP contribution in [0, 0.1) is 5.82 Å². The summed E-state index contributed by atoms with van der Waals surface area (Å²) in [6.45, 7) is 1.87. The zero-order valence-electron chi connectivity index (χ0n) is 15.5. The number of benzene rings is 2. The Balaban J connectivity index is 2.12. The highest BCUT2D eigenvalue weighted by atomic mass is 32.2. The summed E-state index contributed by atoms with van der Waals surface area (Å²) >= 11 is 0. The first kappa shape index (κ1) is 19.3. The second-order valence-electron chi connectivity index (χ2n) is 6.35.